The Bertz CT molecular complexity index is 1190. The molecule has 0 aliphatic heterocycles. The summed E-state index contributed by atoms with van der Waals surface area (Å²) >= 11 is 18.5. The van der Waals surface area contributed by atoms with Crippen molar-refractivity contribution < 1.29 is 14.0 Å². The number of amides is 2. The van der Waals surface area contributed by atoms with Gasteiger partial charge in [-0.05, 0) is 48.7 Å². The smallest absolute Gasteiger partial charge is 0.243 e. The van der Waals surface area contributed by atoms with Gasteiger partial charge in [-0.3, -0.25) is 9.59 Å². The number of nitrogens with zero attached hydrogens (tertiary/aromatic N) is 1. The maximum atomic E-state index is 14.6. The maximum Gasteiger partial charge on any atom is 0.243 e. The lowest BCUT2D eigenvalue weighted by Crippen LogP contribution is -2.52. The number of benzene rings is 3. The summed E-state index contributed by atoms with van der Waals surface area (Å²) < 4.78 is 14.6. The average Bonchev–Trinajstić information content (AvgIpc) is 2.86. The number of nitrogens with one attached hydrogen (secondary N) is 1. The second-order valence-corrected chi connectivity index (χ2v) is 9.89. The third kappa shape index (κ3) is 7.45. The van der Waals surface area contributed by atoms with Crippen LogP contribution in [0.4, 0.5) is 4.39 Å². The standard InChI is InChI=1S/C28H28Cl3FN2O2/c1-3-18(2)33-28(36)26(15-19-8-5-4-6-9-19)34(17-20-12-13-23(30)24(31)14-20)27(35)16-21-22(29)10-7-11-25(21)32/h4-14,18,26H,3,15-17H2,1-2H3,(H,33,36)/t18-,26-/m0/s1. The van der Waals surface area contributed by atoms with Crippen molar-refractivity contribution in [2.45, 2.75) is 51.7 Å². The van der Waals surface area contributed by atoms with Crippen molar-refractivity contribution in [1.82, 2.24) is 10.2 Å². The van der Waals surface area contributed by atoms with Gasteiger partial charge in [0, 0.05) is 29.6 Å². The molecule has 8 heteroatoms. The van der Waals surface area contributed by atoms with Crippen molar-refractivity contribution in [2.24, 2.45) is 0 Å². The van der Waals surface area contributed by atoms with Gasteiger partial charge in [0.25, 0.3) is 0 Å². The number of halogens is 4. The Balaban J connectivity index is 2.03. The molecule has 1 N–H and O–H groups in total. The van der Waals surface area contributed by atoms with Gasteiger partial charge < -0.3 is 10.2 Å². The zero-order valence-corrected chi connectivity index (χ0v) is 22.4. The fourth-order valence-corrected chi connectivity index (χ4v) is 4.33. The van der Waals surface area contributed by atoms with E-state index in [0.29, 0.717) is 15.6 Å². The Morgan fingerprint density at radius 2 is 1.64 bits per heavy atom. The molecule has 0 aliphatic carbocycles. The molecule has 3 aromatic carbocycles. The highest BCUT2D eigenvalue weighted by atomic mass is 35.5. The molecule has 0 saturated heterocycles. The van der Waals surface area contributed by atoms with Gasteiger partial charge in [-0.15, -0.1) is 0 Å². The van der Waals surface area contributed by atoms with Crippen LogP contribution in [0.25, 0.3) is 0 Å². The van der Waals surface area contributed by atoms with Crippen molar-refractivity contribution in [1.29, 1.82) is 0 Å². The average molecular weight is 550 g/mol. The zero-order valence-electron chi connectivity index (χ0n) is 20.1. The highest BCUT2D eigenvalue weighted by molar-refractivity contribution is 6.42. The second-order valence-electron chi connectivity index (χ2n) is 8.67. The molecule has 3 aromatic rings. The number of hydrogen-bond acceptors (Lipinski definition) is 2. The van der Waals surface area contributed by atoms with Crippen molar-refractivity contribution >= 4 is 46.6 Å². The summed E-state index contributed by atoms with van der Waals surface area (Å²) in [5, 5.41) is 3.87. The predicted octanol–water partition coefficient (Wildman–Crippen LogP) is 6.88. The lowest BCUT2D eigenvalue weighted by Gasteiger charge is -2.32. The Kier molecular flexibility index (Phi) is 10.2. The Morgan fingerprint density at radius 3 is 2.28 bits per heavy atom. The summed E-state index contributed by atoms with van der Waals surface area (Å²) in [6.07, 6.45) is 0.714. The lowest BCUT2D eigenvalue weighted by molar-refractivity contribution is -0.141. The number of carbonyl (C=O) groups is 2. The summed E-state index contributed by atoms with van der Waals surface area (Å²) in [4.78, 5) is 28.7. The molecule has 0 spiro atoms. The Morgan fingerprint density at radius 1 is 0.917 bits per heavy atom. The maximum absolute atomic E-state index is 14.6. The highest BCUT2D eigenvalue weighted by Gasteiger charge is 2.31. The molecule has 2 amide bonds. The molecule has 0 fully saturated rings. The molecule has 0 aliphatic rings. The van der Waals surface area contributed by atoms with Crippen molar-refractivity contribution in [3.8, 4) is 0 Å². The van der Waals surface area contributed by atoms with E-state index in [-0.39, 0.29) is 41.9 Å². The fraction of sp³-hybridized carbons (Fsp3) is 0.286. The van der Waals surface area contributed by atoms with Crippen LogP contribution < -0.4 is 5.32 Å². The van der Waals surface area contributed by atoms with E-state index in [2.05, 4.69) is 5.32 Å². The van der Waals surface area contributed by atoms with Crippen molar-refractivity contribution in [2.75, 3.05) is 0 Å². The minimum absolute atomic E-state index is 0.0766. The molecule has 4 nitrogen and oxygen atoms in total. The number of carbonyl (C=O) groups excluding carboxylic acids is 2. The van der Waals surface area contributed by atoms with Gasteiger partial charge >= 0.3 is 0 Å². The summed E-state index contributed by atoms with van der Waals surface area (Å²) in [6.45, 7) is 3.95. The molecular formula is C28H28Cl3FN2O2. The number of rotatable bonds is 10. The first-order chi connectivity index (χ1) is 17.2. The first-order valence-corrected chi connectivity index (χ1v) is 12.8. The van der Waals surface area contributed by atoms with Gasteiger partial charge in [-0.1, -0.05) is 84.2 Å². The van der Waals surface area contributed by atoms with Crippen LogP contribution in [0.1, 0.15) is 37.0 Å². The van der Waals surface area contributed by atoms with Gasteiger partial charge in [-0.2, -0.15) is 0 Å². The normalized spacial score (nSPS) is 12.6. The first-order valence-electron chi connectivity index (χ1n) is 11.7. The van der Waals surface area contributed by atoms with Crippen LogP contribution in [0.5, 0.6) is 0 Å². The Hall–Kier alpha value is -2.60. The molecule has 36 heavy (non-hydrogen) atoms. The van der Waals surface area contributed by atoms with Crippen LogP contribution >= 0.6 is 34.8 Å². The van der Waals surface area contributed by atoms with Gasteiger partial charge in [0.05, 0.1) is 16.5 Å². The van der Waals surface area contributed by atoms with E-state index in [1.807, 2.05) is 44.2 Å². The van der Waals surface area contributed by atoms with E-state index in [1.54, 1.807) is 18.2 Å². The predicted molar refractivity (Wildman–Crippen MR) is 144 cm³/mol. The quantitative estimate of drug-likeness (QED) is 0.300. The van der Waals surface area contributed by atoms with Crippen LogP contribution in [-0.4, -0.2) is 28.8 Å². The third-order valence-corrected chi connectivity index (χ3v) is 7.09. The molecule has 0 aromatic heterocycles. The molecule has 190 valence electrons. The molecule has 0 radical (unpaired) electrons. The molecule has 2 atom stereocenters. The van der Waals surface area contributed by atoms with Crippen LogP contribution in [0.2, 0.25) is 15.1 Å². The largest absolute Gasteiger partial charge is 0.352 e. The SMILES string of the molecule is CC[C@H](C)NC(=O)[C@H](Cc1ccccc1)N(Cc1ccc(Cl)c(Cl)c1)C(=O)Cc1c(F)cccc1Cl. The van der Waals surface area contributed by atoms with Crippen molar-refractivity contribution in [3.63, 3.8) is 0 Å². The van der Waals surface area contributed by atoms with E-state index >= 15 is 0 Å². The van der Waals surface area contributed by atoms with Crippen LogP contribution in [0.3, 0.4) is 0 Å². The third-order valence-electron chi connectivity index (χ3n) is 6.00. The van der Waals surface area contributed by atoms with Gasteiger partial charge in [0.2, 0.25) is 11.8 Å². The van der Waals surface area contributed by atoms with Crippen molar-refractivity contribution in [3.05, 3.63) is 104 Å². The van der Waals surface area contributed by atoms with Gasteiger partial charge in [0.15, 0.2) is 0 Å². The fourth-order valence-electron chi connectivity index (χ4n) is 3.78. The van der Waals surface area contributed by atoms with E-state index in [0.717, 1.165) is 12.0 Å². The van der Waals surface area contributed by atoms with E-state index in [9.17, 15) is 14.0 Å². The topological polar surface area (TPSA) is 49.4 Å². The number of hydrogen-bond donors (Lipinski definition) is 1. The van der Waals surface area contributed by atoms with E-state index in [1.165, 1.54) is 23.1 Å². The molecular weight excluding hydrogens is 522 g/mol. The van der Waals surface area contributed by atoms with Crippen LogP contribution in [0, 0.1) is 5.82 Å². The molecule has 0 unspecified atom stereocenters. The van der Waals surface area contributed by atoms with Crippen LogP contribution in [-0.2, 0) is 29.0 Å². The highest BCUT2D eigenvalue weighted by Crippen LogP contribution is 2.26. The summed E-state index contributed by atoms with van der Waals surface area (Å²) in [7, 11) is 0. The molecule has 0 bridgehead atoms. The lowest BCUT2D eigenvalue weighted by atomic mass is 10.0. The van der Waals surface area contributed by atoms with Gasteiger partial charge in [-0.25, -0.2) is 4.39 Å². The van der Waals surface area contributed by atoms with E-state index in [4.69, 9.17) is 34.8 Å². The minimum Gasteiger partial charge on any atom is -0.352 e. The monoisotopic (exact) mass is 548 g/mol. The van der Waals surface area contributed by atoms with Gasteiger partial charge in [0.1, 0.15) is 11.9 Å². The summed E-state index contributed by atoms with van der Waals surface area (Å²) in [6, 6.07) is 17.8. The van der Waals surface area contributed by atoms with E-state index < -0.39 is 17.8 Å². The molecule has 0 heterocycles. The second kappa shape index (κ2) is 13.1. The molecule has 3 rings (SSSR count). The zero-order chi connectivity index (χ0) is 26.2. The summed E-state index contributed by atoms with van der Waals surface area (Å²) in [5.74, 6) is -1.30. The first kappa shape index (κ1) is 28.0. The minimum atomic E-state index is -0.853. The molecule has 0 saturated carbocycles. The summed E-state index contributed by atoms with van der Waals surface area (Å²) in [5.41, 5.74) is 1.66. The Labute approximate surface area is 226 Å². The van der Waals surface area contributed by atoms with Crippen LogP contribution in [0.15, 0.2) is 66.7 Å².